The van der Waals surface area contributed by atoms with Crippen molar-refractivity contribution in [1.29, 1.82) is 0 Å². The number of benzene rings is 1. The van der Waals surface area contributed by atoms with Gasteiger partial charge in [0.25, 0.3) is 0 Å². The van der Waals surface area contributed by atoms with Gasteiger partial charge in [0.2, 0.25) is 5.75 Å². The summed E-state index contributed by atoms with van der Waals surface area (Å²) in [6, 6.07) is 2.88. The zero-order chi connectivity index (χ0) is 13.4. The number of phenols is 3. The molecule has 0 unspecified atom stereocenters. The first-order chi connectivity index (χ1) is 8.66. The third-order valence-electron chi connectivity index (χ3n) is 2.38. The van der Waals surface area contributed by atoms with E-state index in [1.807, 2.05) is 0 Å². The van der Waals surface area contributed by atoms with Crippen molar-refractivity contribution in [2.75, 3.05) is 33.5 Å². The topological polar surface area (TPSA) is 91.2 Å². The van der Waals surface area contributed by atoms with Gasteiger partial charge in [-0.15, -0.1) is 0 Å². The van der Waals surface area contributed by atoms with Crippen LogP contribution in [0.4, 0.5) is 0 Å². The van der Waals surface area contributed by atoms with Crippen molar-refractivity contribution in [1.82, 2.24) is 5.32 Å². The molecule has 0 aromatic heterocycles. The first-order valence-corrected chi connectivity index (χ1v) is 5.67. The van der Waals surface area contributed by atoms with Crippen LogP contribution in [0.1, 0.15) is 5.56 Å². The number of nitrogens with one attached hydrogen (secondary N) is 1. The molecule has 0 saturated carbocycles. The summed E-state index contributed by atoms with van der Waals surface area (Å²) in [6.45, 7) is 2.64. The predicted molar refractivity (Wildman–Crippen MR) is 65.8 cm³/mol. The average molecular weight is 257 g/mol. The molecule has 6 nitrogen and oxygen atoms in total. The van der Waals surface area contributed by atoms with E-state index < -0.39 is 5.75 Å². The zero-order valence-corrected chi connectivity index (χ0v) is 10.3. The smallest absolute Gasteiger partial charge is 0.200 e. The second-order valence-electron chi connectivity index (χ2n) is 3.72. The summed E-state index contributed by atoms with van der Waals surface area (Å²) in [5.41, 5.74) is 0.516. The van der Waals surface area contributed by atoms with Crippen molar-refractivity contribution >= 4 is 0 Å². The maximum Gasteiger partial charge on any atom is 0.200 e. The van der Waals surface area contributed by atoms with Gasteiger partial charge in [0.1, 0.15) is 0 Å². The molecule has 0 aliphatic rings. The van der Waals surface area contributed by atoms with Crippen molar-refractivity contribution in [3.63, 3.8) is 0 Å². The van der Waals surface area contributed by atoms with E-state index in [4.69, 9.17) is 14.6 Å². The minimum absolute atomic E-state index is 0.303. The Morgan fingerprint density at radius 3 is 2.56 bits per heavy atom. The summed E-state index contributed by atoms with van der Waals surface area (Å²) in [7, 11) is 1.61. The summed E-state index contributed by atoms with van der Waals surface area (Å²) in [5, 5.41) is 31.1. The largest absolute Gasteiger partial charge is 0.504 e. The lowest BCUT2D eigenvalue weighted by atomic mass is 10.1. The van der Waals surface area contributed by atoms with Gasteiger partial charge in [0.05, 0.1) is 19.8 Å². The third-order valence-corrected chi connectivity index (χ3v) is 2.38. The molecule has 0 radical (unpaired) electrons. The Morgan fingerprint density at radius 1 is 1.06 bits per heavy atom. The van der Waals surface area contributed by atoms with E-state index in [0.29, 0.717) is 38.5 Å². The molecule has 6 heteroatoms. The molecule has 1 rings (SSSR count). The van der Waals surface area contributed by atoms with Gasteiger partial charge in [-0.25, -0.2) is 0 Å². The molecule has 0 fully saturated rings. The highest BCUT2D eigenvalue weighted by atomic mass is 16.5. The van der Waals surface area contributed by atoms with Gasteiger partial charge in [-0.3, -0.25) is 0 Å². The molecule has 102 valence electrons. The van der Waals surface area contributed by atoms with Crippen molar-refractivity contribution in [2.24, 2.45) is 0 Å². The lowest BCUT2D eigenvalue weighted by molar-refractivity contribution is 0.0719. The SMILES string of the molecule is COCCOCCNCc1ccc(O)c(O)c1O. The highest BCUT2D eigenvalue weighted by Gasteiger charge is 2.10. The first-order valence-electron chi connectivity index (χ1n) is 5.67. The number of phenolic OH excluding ortho intramolecular Hbond substituents is 3. The second kappa shape index (κ2) is 7.75. The molecule has 1 aromatic rings. The number of methoxy groups -OCH3 is 1. The number of hydrogen-bond donors (Lipinski definition) is 4. The van der Waals surface area contributed by atoms with Crippen LogP contribution in [-0.4, -0.2) is 48.8 Å². The molecule has 0 spiro atoms. The Hall–Kier alpha value is -1.50. The van der Waals surface area contributed by atoms with Crippen LogP contribution in [0, 0.1) is 0 Å². The Balaban J connectivity index is 2.25. The fraction of sp³-hybridized carbons (Fsp3) is 0.500. The van der Waals surface area contributed by atoms with E-state index in [9.17, 15) is 10.2 Å². The molecule has 0 heterocycles. The Bertz CT molecular complexity index is 370. The van der Waals surface area contributed by atoms with Gasteiger partial charge in [-0.1, -0.05) is 6.07 Å². The number of hydrogen-bond acceptors (Lipinski definition) is 6. The number of aromatic hydroxyl groups is 3. The van der Waals surface area contributed by atoms with E-state index in [1.165, 1.54) is 6.07 Å². The maximum absolute atomic E-state index is 9.55. The van der Waals surface area contributed by atoms with Gasteiger partial charge in [-0.05, 0) is 6.07 Å². The summed E-state index contributed by atoms with van der Waals surface area (Å²) in [4.78, 5) is 0. The fourth-order valence-corrected chi connectivity index (χ4v) is 1.37. The lowest BCUT2D eigenvalue weighted by Gasteiger charge is -2.09. The molecule has 1 aromatic carbocycles. The Labute approximate surface area is 106 Å². The molecule has 0 atom stereocenters. The molecule has 0 aliphatic carbocycles. The van der Waals surface area contributed by atoms with Crippen LogP contribution < -0.4 is 5.32 Å². The summed E-state index contributed by atoms with van der Waals surface area (Å²) < 4.78 is 10.1. The standard InChI is InChI=1S/C12H19NO5/c1-17-6-7-18-5-4-13-8-9-2-3-10(14)12(16)11(9)15/h2-3,13-16H,4-8H2,1H3. The molecule has 4 N–H and O–H groups in total. The van der Waals surface area contributed by atoms with Crippen molar-refractivity contribution in [2.45, 2.75) is 6.54 Å². The van der Waals surface area contributed by atoms with E-state index in [-0.39, 0.29) is 11.5 Å². The zero-order valence-electron chi connectivity index (χ0n) is 10.3. The highest BCUT2D eigenvalue weighted by Crippen LogP contribution is 2.36. The molecule has 0 bridgehead atoms. The summed E-state index contributed by atoms with van der Waals surface area (Å²) in [6.07, 6.45) is 0. The van der Waals surface area contributed by atoms with Gasteiger partial charge in [-0.2, -0.15) is 0 Å². The monoisotopic (exact) mass is 257 g/mol. The Kier molecular flexibility index (Phi) is 6.27. The van der Waals surface area contributed by atoms with Gasteiger partial charge >= 0.3 is 0 Å². The van der Waals surface area contributed by atoms with Crippen LogP contribution in [0.15, 0.2) is 12.1 Å². The quantitative estimate of drug-likeness (QED) is 0.402. The highest BCUT2D eigenvalue weighted by molar-refractivity contribution is 5.52. The second-order valence-corrected chi connectivity index (χ2v) is 3.72. The molecule has 18 heavy (non-hydrogen) atoms. The van der Waals surface area contributed by atoms with Gasteiger partial charge in [0.15, 0.2) is 11.5 Å². The summed E-state index contributed by atoms with van der Waals surface area (Å²) in [5.74, 6) is -1.13. The van der Waals surface area contributed by atoms with E-state index in [2.05, 4.69) is 5.32 Å². The fourth-order valence-electron chi connectivity index (χ4n) is 1.37. The van der Waals surface area contributed by atoms with Crippen LogP contribution >= 0.6 is 0 Å². The molecular weight excluding hydrogens is 238 g/mol. The van der Waals surface area contributed by atoms with E-state index >= 15 is 0 Å². The van der Waals surface area contributed by atoms with Crippen LogP contribution in [0.2, 0.25) is 0 Å². The van der Waals surface area contributed by atoms with Crippen molar-refractivity contribution < 1.29 is 24.8 Å². The van der Waals surface area contributed by atoms with Crippen molar-refractivity contribution in [3.8, 4) is 17.2 Å². The minimum atomic E-state index is -0.495. The average Bonchev–Trinajstić information content (AvgIpc) is 2.37. The van der Waals surface area contributed by atoms with Gasteiger partial charge < -0.3 is 30.1 Å². The van der Waals surface area contributed by atoms with Crippen molar-refractivity contribution in [3.05, 3.63) is 17.7 Å². The first kappa shape index (κ1) is 14.6. The third kappa shape index (κ3) is 4.40. The van der Waals surface area contributed by atoms with Gasteiger partial charge in [0, 0.05) is 25.8 Å². The molecule has 0 aliphatic heterocycles. The van der Waals surface area contributed by atoms with E-state index in [0.717, 1.165) is 0 Å². The molecular formula is C12H19NO5. The van der Waals surface area contributed by atoms with Crippen LogP contribution in [0.5, 0.6) is 17.2 Å². The number of ether oxygens (including phenoxy) is 2. The number of rotatable bonds is 8. The van der Waals surface area contributed by atoms with Crippen LogP contribution in [0.25, 0.3) is 0 Å². The molecule has 0 saturated heterocycles. The summed E-state index contributed by atoms with van der Waals surface area (Å²) >= 11 is 0. The lowest BCUT2D eigenvalue weighted by Crippen LogP contribution is -2.20. The molecule has 0 amide bonds. The minimum Gasteiger partial charge on any atom is -0.504 e. The van der Waals surface area contributed by atoms with Crippen LogP contribution in [0.3, 0.4) is 0 Å². The Morgan fingerprint density at radius 2 is 1.83 bits per heavy atom. The van der Waals surface area contributed by atoms with E-state index in [1.54, 1.807) is 13.2 Å². The van der Waals surface area contributed by atoms with Crippen LogP contribution in [-0.2, 0) is 16.0 Å². The maximum atomic E-state index is 9.55. The normalized spacial score (nSPS) is 10.7. The predicted octanol–water partition coefficient (Wildman–Crippen LogP) is 0.556.